The van der Waals surface area contributed by atoms with E-state index in [1.807, 2.05) is 0 Å². The fourth-order valence-electron chi connectivity index (χ4n) is 2.58. The van der Waals surface area contributed by atoms with Gasteiger partial charge in [0.15, 0.2) is 0 Å². The van der Waals surface area contributed by atoms with Crippen molar-refractivity contribution in [2.45, 2.75) is 52.5 Å². The number of hydrogen-bond acceptors (Lipinski definition) is 8. The molecule has 6 nitrogen and oxygen atoms in total. The van der Waals surface area contributed by atoms with Gasteiger partial charge < -0.3 is 9.80 Å². The Morgan fingerprint density at radius 2 is 1.48 bits per heavy atom. The van der Waals surface area contributed by atoms with Gasteiger partial charge in [-0.05, 0) is 6.92 Å². The minimum Gasteiger partial charge on any atom is -0.343 e. The molecular formula is C15H24N6S2. The normalized spacial score (nSPS) is 19.2. The van der Waals surface area contributed by atoms with Gasteiger partial charge in [-0.15, -0.1) is 0 Å². The van der Waals surface area contributed by atoms with Gasteiger partial charge in [0.05, 0.1) is 0 Å². The second kappa shape index (κ2) is 6.68. The van der Waals surface area contributed by atoms with E-state index in [9.17, 15) is 0 Å². The van der Waals surface area contributed by atoms with Gasteiger partial charge in [0.25, 0.3) is 0 Å². The van der Waals surface area contributed by atoms with Crippen LogP contribution >= 0.6 is 23.1 Å². The topological polar surface area (TPSA) is 58.0 Å². The molecule has 0 saturated carbocycles. The molecule has 0 unspecified atom stereocenters. The number of rotatable bonds is 4. The molecule has 23 heavy (non-hydrogen) atoms. The first-order chi connectivity index (χ1) is 11.0. The van der Waals surface area contributed by atoms with Crippen molar-refractivity contribution >= 4 is 33.3 Å². The van der Waals surface area contributed by atoms with E-state index in [0.29, 0.717) is 17.9 Å². The van der Waals surface area contributed by atoms with Gasteiger partial charge in [0.2, 0.25) is 10.3 Å². The Hall–Kier alpha value is -1.28. The van der Waals surface area contributed by atoms with Crippen molar-refractivity contribution in [3.05, 3.63) is 11.6 Å². The SMILES string of the molecule is CC(C)c1nsc(N2CCN(c3nc(C(C)C)ns3)[C@H](C)C2)n1. The van der Waals surface area contributed by atoms with Gasteiger partial charge in [-0.25, -0.2) is 9.97 Å². The molecule has 1 aliphatic heterocycles. The molecule has 1 aliphatic rings. The highest BCUT2D eigenvalue weighted by Gasteiger charge is 2.28. The van der Waals surface area contributed by atoms with Crippen molar-refractivity contribution in [2.24, 2.45) is 0 Å². The summed E-state index contributed by atoms with van der Waals surface area (Å²) >= 11 is 3.03. The summed E-state index contributed by atoms with van der Waals surface area (Å²) in [6.07, 6.45) is 0. The summed E-state index contributed by atoms with van der Waals surface area (Å²) in [5.74, 6) is 2.66. The van der Waals surface area contributed by atoms with E-state index < -0.39 is 0 Å². The summed E-state index contributed by atoms with van der Waals surface area (Å²) < 4.78 is 8.95. The molecule has 0 N–H and O–H groups in total. The molecule has 2 aromatic heterocycles. The third-order valence-electron chi connectivity index (χ3n) is 4.04. The fraction of sp³-hybridized carbons (Fsp3) is 0.733. The van der Waals surface area contributed by atoms with Crippen LogP contribution in [0.15, 0.2) is 0 Å². The van der Waals surface area contributed by atoms with E-state index in [1.54, 1.807) is 0 Å². The molecule has 3 heterocycles. The van der Waals surface area contributed by atoms with Gasteiger partial charge >= 0.3 is 0 Å². The van der Waals surface area contributed by atoms with E-state index in [0.717, 1.165) is 41.5 Å². The predicted octanol–water partition coefficient (Wildman–Crippen LogP) is 3.35. The Morgan fingerprint density at radius 1 is 0.913 bits per heavy atom. The van der Waals surface area contributed by atoms with Crippen molar-refractivity contribution in [2.75, 3.05) is 29.4 Å². The predicted molar refractivity (Wildman–Crippen MR) is 97.0 cm³/mol. The highest BCUT2D eigenvalue weighted by atomic mass is 32.1. The van der Waals surface area contributed by atoms with Crippen LogP contribution in [0.4, 0.5) is 10.3 Å². The average Bonchev–Trinajstić information content (AvgIpc) is 3.16. The zero-order chi connectivity index (χ0) is 16.6. The largest absolute Gasteiger partial charge is 0.343 e. The minimum absolute atomic E-state index is 0.382. The molecule has 0 amide bonds. The number of anilines is 2. The van der Waals surface area contributed by atoms with Gasteiger partial charge in [-0.3, -0.25) is 0 Å². The average molecular weight is 353 g/mol. The second-order valence-electron chi connectivity index (χ2n) is 6.67. The van der Waals surface area contributed by atoms with E-state index >= 15 is 0 Å². The van der Waals surface area contributed by atoms with Crippen LogP contribution in [0.2, 0.25) is 0 Å². The van der Waals surface area contributed by atoms with Gasteiger partial charge in [0, 0.05) is 60.6 Å². The van der Waals surface area contributed by atoms with Gasteiger partial charge in [-0.1, -0.05) is 27.7 Å². The van der Waals surface area contributed by atoms with Crippen LogP contribution in [0.25, 0.3) is 0 Å². The second-order valence-corrected chi connectivity index (χ2v) is 8.13. The van der Waals surface area contributed by atoms with Gasteiger partial charge in [0.1, 0.15) is 11.6 Å². The summed E-state index contributed by atoms with van der Waals surface area (Å²) in [5.41, 5.74) is 0. The summed E-state index contributed by atoms with van der Waals surface area (Å²) in [5, 5.41) is 2.08. The standard InChI is InChI=1S/C15H24N6S2/c1-9(2)12-16-14(22-18-12)20-6-7-21(11(5)8-20)15-17-13(10(3)4)19-23-15/h9-11H,6-8H2,1-5H3/t11-/m1/s1. The fourth-order valence-corrected chi connectivity index (χ4v) is 4.36. The highest BCUT2D eigenvalue weighted by molar-refractivity contribution is 7.10. The molecule has 8 heteroatoms. The molecule has 2 aromatic rings. The zero-order valence-electron chi connectivity index (χ0n) is 14.4. The molecule has 1 saturated heterocycles. The summed E-state index contributed by atoms with van der Waals surface area (Å²) in [6.45, 7) is 13.6. The van der Waals surface area contributed by atoms with Crippen molar-refractivity contribution in [1.82, 2.24) is 18.7 Å². The number of hydrogen-bond donors (Lipinski definition) is 0. The number of nitrogens with zero attached hydrogens (tertiary/aromatic N) is 6. The maximum atomic E-state index is 4.70. The maximum Gasteiger partial charge on any atom is 0.205 e. The monoisotopic (exact) mass is 352 g/mol. The molecule has 3 rings (SSSR count). The zero-order valence-corrected chi connectivity index (χ0v) is 16.0. The molecular weight excluding hydrogens is 328 g/mol. The Morgan fingerprint density at radius 3 is 2.00 bits per heavy atom. The molecule has 1 fully saturated rings. The Balaban J connectivity index is 1.68. The van der Waals surface area contributed by atoms with Crippen LogP contribution in [0.5, 0.6) is 0 Å². The summed E-state index contributed by atoms with van der Waals surface area (Å²) in [7, 11) is 0. The molecule has 0 aliphatic carbocycles. The van der Waals surface area contributed by atoms with Crippen LogP contribution in [0.1, 0.15) is 58.1 Å². The first-order valence-corrected chi connectivity index (χ1v) is 9.69. The quantitative estimate of drug-likeness (QED) is 0.841. The number of aromatic nitrogens is 4. The molecule has 0 radical (unpaired) electrons. The molecule has 0 bridgehead atoms. The lowest BCUT2D eigenvalue weighted by Gasteiger charge is -2.39. The molecule has 0 spiro atoms. The molecule has 1 atom stereocenters. The van der Waals surface area contributed by atoms with Crippen LogP contribution in [0.3, 0.4) is 0 Å². The van der Waals surface area contributed by atoms with Crippen molar-refractivity contribution < 1.29 is 0 Å². The summed E-state index contributed by atoms with van der Waals surface area (Å²) in [6, 6.07) is 0.392. The third kappa shape index (κ3) is 3.47. The van der Waals surface area contributed by atoms with E-state index in [-0.39, 0.29) is 0 Å². The maximum absolute atomic E-state index is 4.70. The Bertz CT molecular complexity index is 650. The van der Waals surface area contributed by atoms with Crippen LogP contribution in [-0.2, 0) is 0 Å². The number of piperazine rings is 1. The van der Waals surface area contributed by atoms with Crippen LogP contribution in [-0.4, -0.2) is 44.4 Å². The lowest BCUT2D eigenvalue weighted by atomic mass is 10.2. The Labute approximate surface area is 145 Å². The first kappa shape index (κ1) is 16.6. The van der Waals surface area contributed by atoms with E-state index in [4.69, 9.17) is 4.98 Å². The minimum atomic E-state index is 0.382. The Kier molecular flexibility index (Phi) is 4.82. The van der Waals surface area contributed by atoms with Crippen molar-refractivity contribution in [3.8, 4) is 0 Å². The van der Waals surface area contributed by atoms with E-state index in [2.05, 4.69) is 58.1 Å². The highest BCUT2D eigenvalue weighted by Crippen LogP contribution is 2.28. The smallest absolute Gasteiger partial charge is 0.205 e. The van der Waals surface area contributed by atoms with Crippen LogP contribution < -0.4 is 9.80 Å². The van der Waals surface area contributed by atoms with Crippen molar-refractivity contribution in [1.29, 1.82) is 0 Å². The summed E-state index contributed by atoms with van der Waals surface area (Å²) in [4.78, 5) is 14.1. The lowest BCUT2D eigenvalue weighted by molar-refractivity contribution is 0.547. The van der Waals surface area contributed by atoms with Gasteiger partial charge in [-0.2, -0.15) is 8.75 Å². The van der Waals surface area contributed by atoms with Crippen molar-refractivity contribution in [3.63, 3.8) is 0 Å². The van der Waals surface area contributed by atoms with Crippen LogP contribution in [0, 0.1) is 0 Å². The first-order valence-electron chi connectivity index (χ1n) is 8.14. The molecule has 0 aromatic carbocycles. The third-order valence-corrected chi connectivity index (χ3v) is 5.60. The lowest BCUT2D eigenvalue weighted by Crippen LogP contribution is -2.52. The molecule has 126 valence electrons. The van der Waals surface area contributed by atoms with E-state index in [1.165, 1.54) is 23.1 Å².